The summed E-state index contributed by atoms with van der Waals surface area (Å²) >= 11 is 19.6. The van der Waals surface area contributed by atoms with Gasteiger partial charge in [-0.2, -0.15) is 11.8 Å². The zero-order chi connectivity index (χ0) is 32.6. The summed E-state index contributed by atoms with van der Waals surface area (Å²) in [6, 6.07) is 42.2. The third-order valence-corrected chi connectivity index (χ3v) is 8.93. The third kappa shape index (κ3) is 9.65. The highest BCUT2D eigenvalue weighted by Crippen LogP contribution is 2.38. The van der Waals surface area contributed by atoms with Crippen molar-refractivity contribution in [2.24, 2.45) is 0 Å². The standard InChI is InChI=1S/C38H30O4S5/c43-33-9-1-5-27(17-33)39-31-15-13-25(37(21-31)41-29-7-3-11-35(45)19-29)23-47-24-26-14-16-32(40-28-6-2-10-34(44)18-28)22-38(26)42-30-8-4-12-36(46)20-30/h1-22,43-46H,23-24H2. The quantitative estimate of drug-likeness (QED) is 0.0952. The van der Waals surface area contributed by atoms with Gasteiger partial charge in [0.05, 0.1) is 0 Å². The maximum absolute atomic E-state index is 6.38. The van der Waals surface area contributed by atoms with Gasteiger partial charge in [-0.15, -0.1) is 50.5 Å². The molecule has 0 spiro atoms. The fourth-order valence-corrected chi connectivity index (χ4v) is 6.48. The molecule has 9 heteroatoms. The van der Waals surface area contributed by atoms with Crippen LogP contribution in [0.5, 0.6) is 46.0 Å². The smallest absolute Gasteiger partial charge is 0.135 e. The fraction of sp³-hybridized carbons (Fsp3) is 0.0526. The second-order valence-corrected chi connectivity index (χ2v) is 13.5. The van der Waals surface area contributed by atoms with Gasteiger partial charge >= 0.3 is 0 Å². The summed E-state index contributed by atoms with van der Waals surface area (Å²) < 4.78 is 25.0. The van der Waals surface area contributed by atoms with Crippen LogP contribution in [0.25, 0.3) is 0 Å². The second-order valence-electron chi connectivity index (χ2n) is 10.4. The van der Waals surface area contributed by atoms with E-state index in [4.69, 9.17) is 18.9 Å². The normalized spacial score (nSPS) is 10.8. The lowest BCUT2D eigenvalue weighted by Gasteiger charge is -2.16. The second kappa shape index (κ2) is 15.9. The van der Waals surface area contributed by atoms with Gasteiger partial charge in [0, 0.05) is 54.3 Å². The summed E-state index contributed by atoms with van der Waals surface area (Å²) in [5, 5.41) is 0. The van der Waals surface area contributed by atoms with Crippen molar-refractivity contribution in [3.63, 3.8) is 0 Å². The van der Waals surface area contributed by atoms with Gasteiger partial charge in [-0.1, -0.05) is 36.4 Å². The Morgan fingerprint density at radius 3 is 1.02 bits per heavy atom. The lowest BCUT2D eigenvalue weighted by Crippen LogP contribution is -1.95. The Hall–Kier alpha value is -3.73. The first-order valence-electron chi connectivity index (χ1n) is 14.6. The molecule has 0 aliphatic heterocycles. The number of hydrogen-bond acceptors (Lipinski definition) is 9. The summed E-state index contributed by atoms with van der Waals surface area (Å²) in [6.45, 7) is 0. The molecule has 0 N–H and O–H groups in total. The van der Waals surface area contributed by atoms with Gasteiger partial charge in [-0.25, -0.2) is 0 Å². The largest absolute Gasteiger partial charge is 0.457 e. The van der Waals surface area contributed by atoms with Crippen LogP contribution in [0.2, 0.25) is 0 Å². The predicted molar refractivity (Wildman–Crippen MR) is 203 cm³/mol. The summed E-state index contributed by atoms with van der Waals surface area (Å²) in [4.78, 5) is 3.28. The van der Waals surface area contributed by atoms with E-state index in [2.05, 4.69) is 50.5 Å². The Balaban J connectivity index is 1.23. The molecule has 0 radical (unpaired) electrons. The van der Waals surface area contributed by atoms with Crippen LogP contribution in [-0.4, -0.2) is 0 Å². The highest BCUT2D eigenvalue weighted by atomic mass is 32.2. The number of benzene rings is 6. The Labute approximate surface area is 301 Å². The van der Waals surface area contributed by atoms with E-state index in [-0.39, 0.29) is 0 Å². The summed E-state index contributed by atoms with van der Waals surface area (Å²) in [5.74, 6) is 6.88. The molecule has 4 nitrogen and oxygen atoms in total. The first-order valence-corrected chi connectivity index (χ1v) is 17.5. The maximum atomic E-state index is 6.38. The average Bonchev–Trinajstić information content (AvgIpc) is 3.03. The van der Waals surface area contributed by atoms with Crippen LogP contribution in [0, 0.1) is 0 Å². The predicted octanol–water partition coefficient (Wildman–Crippen LogP) is 12.4. The number of thioether (sulfide) groups is 1. The van der Waals surface area contributed by atoms with E-state index in [1.807, 2.05) is 133 Å². The van der Waals surface area contributed by atoms with Crippen molar-refractivity contribution in [3.05, 3.63) is 145 Å². The Morgan fingerprint density at radius 1 is 0.362 bits per heavy atom. The van der Waals surface area contributed by atoms with Crippen molar-refractivity contribution in [1.82, 2.24) is 0 Å². The van der Waals surface area contributed by atoms with Crippen molar-refractivity contribution in [1.29, 1.82) is 0 Å². The van der Waals surface area contributed by atoms with Crippen LogP contribution in [0.4, 0.5) is 0 Å². The molecular weight excluding hydrogens is 681 g/mol. The molecule has 6 aromatic rings. The molecule has 6 aromatic carbocycles. The molecular formula is C38H30O4S5. The molecule has 0 amide bonds. The fourth-order valence-electron chi connectivity index (χ4n) is 4.61. The van der Waals surface area contributed by atoms with E-state index < -0.39 is 0 Å². The highest BCUT2D eigenvalue weighted by molar-refractivity contribution is 7.97. The Kier molecular flexibility index (Phi) is 11.2. The van der Waals surface area contributed by atoms with E-state index in [1.54, 1.807) is 11.8 Å². The van der Waals surface area contributed by atoms with Gasteiger partial charge in [-0.05, 0) is 84.9 Å². The zero-order valence-corrected chi connectivity index (χ0v) is 29.3. The lowest BCUT2D eigenvalue weighted by atomic mass is 10.2. The maximum Gasteiger partial charge on any atom is 0.135 e. The van der Waals surface area contributed by atoms with Crippen LogP contribution >= 0.6 is 62.3 Å². The number of rotatable bonds is 12. The molecule has 0 aromatic heterocycles. The molecule has 0 unspecified atom stereocenters. The molecule has 0 saturated heterocycles. The van der Waals surface area contributed by atoms with Crippen LogP contribution < -0.4 is 18.9 Å². The van der Waals surface area contributed by atoms with Gasteiger partial charge in [0.15, 0.2) is 0 Å². The van der Waals surface area contributed by atoms with Crippen LogP contribution in [0.15, 0.2) is 153 Å². The molecule has 0 aliphatic rings. The minimum Gasteiger partial charge on any atom is -0.457 e. The first-order chi connectivity index (χ1) is 22.9. The molecule has 0 heterocycles. The van der Waals surface area contributed by atoms with Gasteiger partial charge < -0.3 is 18.9 Å². The van der Waals surface area contributed by atoms with E-state index in [1.165, 1.54) is 0 Å². The van der Waals surface area contributed by atoms with Crippen molar-refractivity contribution >= 4 is 62.3 Å². The molecule has 0 bridgehead atoms. The average molecular weight is 711 g/mol. The van der Waals surface area contributed by atoms with Gasteiger partial charge in [-0.3, -0.25) is 0 Å². The molecule has 0 saturated carbocycles. The Morgan fingerprint density at radius 2 is 0.681 bits per heavy atom. The summed E-state index contributed by atoms with van der Waals surface area (Å²) in [5.41, 5.74) is 2.04. The molecule has 236 valence electrons. The number of hydrogen-bond donors (Lipinski definition) is 4. The van der Waals surface area contributed by atoms with E-state index in [0.29, 0.717) is 57.5 Å². The summed E-state index contributed by atoms with van der Waals surface area (Å²) in [6.07, 6.45) is 0. The van der Waals surface area contributed by atoms with Crippen molar-refractivity contribution < 1.29 is 18.9 Å². The lowest BCUT2D eigenvalue weighted by molar-refractivity contribution is 0.456. The third-order valence-electron chi connectivity index (χ3n) is 6.79. The Bertz CT molecular complexity index is 1860. The van der Waals surface area contributed by atoms with Gasteiger partial charge in [0.1, 0.15) is 46.0 Å². The minimum atomic E-state index is 0.663. The molecule has 47 heavy (non-hydrogen) atoms. The van der Waals surface area contributed by atoms with Gasteiger partial charge in [0.25, 0.3) is 0 Å². The van der Waals surface area contributed by atoms with E-state index >= 15 is 0 Å². The molecule has 0 fully saturated rings. The van der Waals surface area contributed by atoms with Crippen molar-refractivity contribution in [2.45, 2.75) is 31.1 Å². The number of ether oxygens (including phenoxy) is 4. The first kappa shape index (κ1) is 33.2. The monoisotopic (exact) mass is 710 g/mol. The molecule has 0 atom stereocenters. The SMILES string of the molecule is Sc1cccc(Oc2ccc(CSCc3ccc(Oc4cccc(S)c4)cc3Oc3cccc(S)c3)c(Oc3cccc(S)c3)c2)c1. The van der Waals surface area contributed by atoms with Crippen LogP contribution in [0.1, 0.15) is 11.1 Å². The van der Waals surface area contributed by atoms with Crippen LogP contribution in [0.3, 0.4) is 0 Å². The number of thiol groups is 4. The topological polar surface area (TPSA) is 36.9 Å². The van der Waals surface area contributed by atoms with Crippen molar-refractivity contribution in [3.8, 4) is 46.0 Å². The van der Waals surface area contributed by atoms with Crippen LogP contribution in [-0.2, 0) is 11.5 Å². The molecule has 6 rings (SSSR count). The summed E-state index contributed by atoms with van der Waals surface area (Å²) in [7, 11) is 0. The highest BCUT2D eigenvalue weighted by Gasteiger charge is 2.13. The molecule has 0 aliphatic carbocycles. The van der Waals surface area contributed by atoms with E-state index in [0.717, 1.165) is 30.7 Å². The van der Waals surface area contributed by atoms with E-state index in [9.17, 15) is 0 Å². The van der Waals surface area contributed by atoms with Crippen molar-refractivity contribution in [2.75, 3.05) is 0 Å². The minimum absolute atomic E-state index is 0.663. The van der Waals surface area contributed by atoms with Gasteiger partial charge in [0.2, 0.25) is 0 Å². The zero-order valence-electron chi connectivity index (χ0n) is 24.9.